The number of hydrogen-bond donors (Lipinski definition) is 1. The number of aryl methyl sites for hydroxylation is 1. The maximum absolute atomic E-state index is 13.2. The molecule has 0 amide bonds. The first kappa shape index (κ1) is 17.1. The van der Waals surface area contributed by atoms with Gasteiger partial charge in [0, 0.05) is 13.0 Å². The van der Waals surface area contributed by atoms with Gasteiger partial charge in [0.05, 0.1) is 22.3 Å². The summed E-state index contributed by atoms with van der Waals surface area (Å²) >= 11 is 0. The zero-order valence-electron chi connectivity index (χ0n) is 13.6. The Hall–Kier alpha value is -1.76. The summed E-state index contributed by atoms with van der Waals surface area (Å²) in [4.78, 5) is 0.244. The Bertz CT molecular complexity index is 834. The molecule has 3 rings (SSSR count). The van der Waals surface area contributed by atoms with Crippen molar-refractivity contribution in [1.29, 1.82) is 0 Å². The van der Waals surface area contributed by atoms with Gasteiger partial charge in [0.25, 0.3) is 0 Å². The highest BCUT2D eigenvalue weighted by Gasteiger charge is 2.69. The van der Waals surface area contributed by atoms with Gasteiger partial charge in [0.15, 0.2) is 9.84 Å². The Kier molecular flexibility index (Phi) is 4.23. The van der Waals surface area contributed by atoms with Gasteiger partial charge in [0.2, 0.25) is 0 Å². The molecule has 128 valence electrons. The van der Waals surface area contributed by atoms with Crippen molar-refractivity contribution >= 4 is 9.84 Å². The average Bonchev–Trinajstić information content (AvgIpc) is 3.15. The fraction of sp³-hybridized carbons (Fsp3) is 0.333. The van der Waals surface area contributed by atoms with Crippen molar-refractivity contribution in [3.05, 3.63) is 65.5 Å². The van der Waals surface area contributed by atoms with Gasteiger partial charge in [-0.15, -0.1) is 0 Å². The number of benzene rings is 2. The van der Waals surface area contributed by atoms with Crippen LogP contribution in [0.4, 0.5) is 4.39 Å². The molecule has 2 aromatic carbocycles. The van der Waals surface area contributed by atoms with Crippen LogP contribution in [0.5, 0.6) is 0 Å². The third-order valence-electron chi connectivity index (χ3n) is 4.61. The summed E-state index contributed by atoms with van der Waals surface area (Å²) < 4.78 is 44.4. The Labute approximate surface area is 141 Å². The number of ether oxygens (including phenoxy) is 1. The molecule has 4 nitrogen and oxygen atoms in total. The summed E-state index contributed by atoms with van der Waals surface area (Å²) in [5.74, 6) is -0.795. The lowest BCUT2D eigenvalue weighted by molar-refractivity contribution is 0.171. The van der Waals surface area contributed by atoms with E-state index >= 15 is 0 Å². The number of nitrogens with two attached hydrogens (primary N) is 1. The predicted octanol–water partition coefficient (Wildman–Crippen LogP) is 2.42. The summed E-state index contributed by atoms with van der Waals surface area (Å²) in [6, 6.07) is 12.5. The molecule has 0 spiro atoms. The van der Waals surface area contributed by atoms with E-state index in [9.17, 15) is 12.8 Å². The molecular weight excluding hydrogens is 329 g/mol. The summed E-state index contributed by atoms with van der Waals surface area (Å²) in [6.07, 6.45) is 0. The molecule has 1 fully saturated rings. The molecule has 2 aromatic rings. The lowest BCUT2D eigenvalue weighted by Crippen LogP contribution is -2.35. The maximum Gasteiger partial charge on any atom is 0.183 e. The molecular formula is C18H20FNO3S. The highest BCUT2D eigenvalue weighted by molar-refractivity contribution is 7.92. The number of hydrogen-bond acceptors (Lipinski definition) is 4. The molecule has 0 heterocycles. The molecule has 0 unspecified atom stereocenters. The summed E-state index contributed by atoms with van der Waals surface area (Å²) in [5, 5.41) is -0.793. The smallest absolute Gasteiger partial charge is 0.183 e. The minimum Gasteiger partial charge on any atom is -0.383 e. The molecule has 1 aliphatic carbocycles. The van der Waals surface area contributed by atoms with Gasteiger partial charge in [0.1, 0.15) is 5.82 Å². The summed E-state index contributed by atoms with van der Waals surface area (Å²) in [6.45, 7) is 2.01. The Morgan fingerprint density at radius 1 is 1.12 bits per heavy atom. The molecule has 0 bridgehead atoms. The van der Waals surface area contributed by atoms with Gasteiger partial charge in [-0.05, 0) is 36.8 Å². The van der Waals surface area contributed by atoms with E-state index in [0.717, 1.165) is 5.56 Å². The van der Waals surface area contributed by atoms with Crippen LogP contribution in [0.15, 0.2) is 53.4 Å². The lowest BCUT2D eigenvalue weighted by atomic mass is 10.1. The van der Waals surface area contributed by atoms with Crippen LogP contribution in [0.2, 0.25) is 0 Å². The minimum atomic E-state index is -3.62. The van der Waals surface area contributed by atoms with Crippen molar-refractivity contribution in [3.63, 3.8) is 0 Å². The molecule has 0 aromatic heterocycles. The van der Waals surface area contributed by atoms with E-state index in [1.165, 1.54) is 19.2 Å². The third kappa shape index (κ3) is 2.75. The van der Waals surface area contributed by atoms with Crippen molar-refractivity contribution in [2.75, 3.05) is 13.7 Å². The summed E-state index contributed by atoms with van der Waals surface area (Å²) in [7, 11) is -2.13. The van der Waals surface area contributed by atoms with Crippen LogP contribution >= 0.6 is 0 Å². The zero-order chi connectivity index (χ0) is 17.5. The molecule has 0 aliphatic heterocycles. The highest BCUT2D eigenvalue weighted by Crippen LogP contribution is 2.55. The topological polar surface area (TPSA) is 69.4 Å². The zero-order valence-corrected chi connectivity index (χ0v) is 14.4. The van der Waals surface area contributed by atoms with Crippen LogP contribution in [-0.2, 0) is 14.6 Å². The first-order valence-electron chi connectivity index (χ1n) is 7.64. The van der Waals surface area contributed by atoms with E-state index in [-0.39, 0.29) is 17.3 Å². The Morgan fingerprint density at radius 2 is 1.71 bits per heavy atom. The predicted molar refractivity (Wildman–Crippen MR) is 90.1 cm³/mol. The fourth-order valence-corrected chi connectivity index (χ4v) is 5.63. The first-order chi connectivity index (χ1) is 11.3. The SMILES string of the molecule is COC[C@@]1(N)[C@H](c2ccc(F)cc2)[C@@H]1S(=O)(=O)c1ccc(C)cc1. The Balaban J connectivity index is 2.01. The molecule has 24 heavy (non-hydrogen) atoms. The van der Waals surface area contributed by atoms with Crippen LogP contribution in [0, 0.1) is 12.7 Å². The van der Waals surface area contributed by atoms with E-state index in [0.29, 0.717) is 5.56 Å². The monoisotopic (exact) mass is 349 g/mol. The van der Waals surface area contributed by atoms with Crippen molar-refractivity contribution in [3.8, 4) is 0 Å². The van der Waals surface area contributed by atoms with Gasteiger partial charge >= 0.3 is 0 Å². The second-order valence-electron chi connectivity index (χ2n) is 6.35. The van der Waals surface area contributed by atoms with Crippen LogP contribution in [0.3, 0.4) is 0 Å². The second-order valence-corrected chi connectivity index (χ2v) is 8.42. The highest BCUT2D eigenvalue weighted by atomic mass is 32.2. The van der Waals surface area contributed by atoms with Crippen LogP contribution in [0.25, 0.3) is 0 Å². The van der Waals surface area contributed by atoms with Crippen molar-refractivity contribution in [2.24, 2.45) is 5.73 Å². The first-order valence-corrected chi connectivity index (χ1v) is 9.19. The number of methoxy groups -OCH3 is 1. The van der Waals surface area contributed by atoms with Gasteiger partial charge in [-0.1, -0.05) is 29.8 Å². The standard InChI is InChI=1S/C18H20FNO3S/c1-12-3-9-15(10-4-12)24(21,22)17-16(18(17,20)11-23-2)13-5-7-14(19)8-6-13/h3-10,16-17H,11,20H2,1-2H3/t16-,17+,18-/m1/s1. The molecule has 3 atom stereocenters. The van der Waals surface area contributed by atoms with Gasteiger partial charge in [-0.3, -0.25) is 0 Å². The van der Waals surface area contributed by atoms with Crippen LogP contribution in [-0.4, -0.2) is 32.9 Å². The Morgan fingerprint density at radius 3 is 2.25 bits per heavy atom. The van der Waals surface area contributed by atoms with E-state index in [1.54, 1.807) is 36.4 Å². The van der Waals surface area contributed by atoms with Crippen molar-refractivity contribution in [2.45, 2.75) is 28.5 Å². The van der Waals surface area contributed by atoms with Gasteiger partial charge < -0.3 is 10.5 Å². The lowest BCUT2D eigenvalue weighted by Gasteiger charge is -2.11. The normalized spacial score (nSPS) is 26.3. The summed E-state index contributed by atoms with van der Waals surface area (Å²) in [5.41, 5.74) is 7.04. The maximum atomic E-state index is 13.2. The quantitative estimate of drug-likeness (QED) is 0.900. The van der Waals surface area contributed by atoms with Gasteiger partial charge in [-0.25, -0.2) is 12.8 Å². The molecule has 1 aliphatic rings. The van der Waals surface area contributed by atoms with E-state index < -0.39 is 26.5 Å². The van der Waals surface area contributed by atoms with Crippen molar-refractivity contribution in [1.82, 2.24) is 0 Å². The van der Waals surface area contributed by atoms with Crippen LogP contribution < -0.4 is 5.73 Å². The van der Waals surface area contributed by atoms with Crippen molar-refractivity contribution < 1.29 is 17.5 Å². The number of sulfone groups is 1. The molecule has 1 saturated carbocycles. The molecule has 6 heteroatoms. The van der Waals surface area contributed by atoms with E-state index in [2.05, 4.69) is 0 Å². The largest absolute Gasteiger partial charge is 0.383 e. The number of halogens is 1. The average molecular weight is 349 g/mol. The second kappa shape index (κ2) is 5.95. The van der Waals surface area contributed by atoms with Crippen LogP contribution in [0.1, 0.15) is 17.0 Å². The molecule has 0 radical (unpaired) electrons. The third-order valence-corrected chi connectivity index (χ3v) is 6.92. The van der Waals surface area contributed by atoms with E-state index in [4.69, 9.17) is 10.5 Å². The van der Waals surface area contributed by atoms with E-state index in [1.807, 2.05) is 6.92 Å². The molecule has 0 saturated heterocycles. The number of rotatable bonds is 5. The molecule has 2 N–H and O–H groups in total. The minimum absolute atomic E-state index is 0.116. The van der Waals surface area contributed by atoms with Gasteiger partial charge in [-0.2, -0.15) is 0 Å². The fourth-order valence-electron chi connectivity index (χ4n) is 3.34.